The van der Waals surface area contributed by atoms with Gasteiger partial charge in [0.05, 0.1) is 5.54 Å². The van der Waals surface area contributed by atoms with Gasteiger partial charge in [0.25, 0.3) is 5.89 Å². The lowest BCUT2D eigenvalue weighted by Gasteiger charge is -2.34. The third-order valence-corrected chi connectivity index (χ3v) is 4.18. The number of nitrogens with two attached hydrogens (primary N) is 1. The number of aromatic nitrogens is 2. The van der Waals surface area contributed by atoms with E-state index in [0.717, 1.165) is 19.3 Å². The van der Waals surface area contributed by atoms with E-state index >= 15 is 0 Å². The molecular formula is C17H17ClFN3O3. The summed E-state index contributed by atoms with van der Waals surface area (Å²) in [4.78, 5) is 4.34. The van der Waals surface area contributed by atoms with Crippen molar-refractivity contribution in [2.75, 3.05) is 0 Å². The molecule has 0 spiro atoms. The molecule has 1 aliphatic carbocycles. The highest BCUT2D eigenvalue weighted by molar-refractivity contribution is 5.85. The summed E-state index contributed by atoms with van der Waals surface area (Å²) in [6.07, 6.45) is 2.80. The first-order chi connectivity index (χ1) is 11.6. The highest BCUT2D eigenvalue weighted by Gasteiger charge is 2.39. The van der Waals surface area contributed by atoms with E-state index in [2.05, 4.69) is 10.1 Å². The molecule has 0 radical (unpaired) electrons. The average Bonchev–Trinajstić information content (AvgIpc) is 3.21. The van der Waals surface area contributed by atoms with Gasteiger partial charge < -0.3 is 19.4 Å². The van der Waals surface area contributed by atoms with E-state index in [1.807, 2.05) is 0 Å². The van der Waals surface area contributed by atoms with Crippen molar-refractivity contribution in [1.29, 1.82) is 0 Å². The van der Waals surface area contributed by atoms with Crippen LogP contribution in [0.1, 0.15) is 30.8 Å². The van der Waals surface area contributed by atoms with Gasteiger partial charge >= 0.3 is 0 Å². The second-order valence-corrected chi connectivity index (χ2v) is 5.94. The van der Waals surface area contributed by atoms with Crippen LogP contribution in [0, 0.1) is 5.82 Å². The fraction of sp³-hybridized carbons (Fsp3) is 0.294. The van der Waals surface area contributed by atoms with Crippen LogP contribution in [0.2, 0.25) is 0 Å². The summed E-state index contributed by atoms with van der Waals surface area (Å²) in [6, 6.07) is 9.30. The molecule has 0 bridgehead atoms. The Morgan fingerprint density at radius 1 is 1.16 bits per heavy atom. The maximum atomic E-state index is 12.9. The van der Waals surface area contributed by atoms with Crippen LogP contribution in [0.5, 0.6) is 5.75 Å². The number of benzene rings is 1. The van der Waals surface area contributed by atoms with Crippen LogP contribution >= 0.6 is 12.4 Å². The predicted molar refractivity (Wildman–Crippen MR) is 89.7 cm³/mol. The van der Waals surface area contributed by atoms with Crippen LogP contribution < -0.4 is 10.5 Å². The Morgan fingerprint density at radius 2 is 1.92 bits per heavy atom. The molecule has 8 heteroatoms. The first-order valence-corrected chi connectivity index (χ1v) is 7.73. The second-order valence-electron chi connectivity index (χ2n) is 5.94. The quantitative estimate of drug-likeness (QED) is 0.739. The molecule has 1 saturated carbocycles. The summed E-state index contributed by atoms with van der Waals surface area (Å²) in [6.45, 7) is 0.216. The Balaban J connectivity index is 0.00000182. The Bertz CT molecular complexity index is 843. The largest absolute Gasteiger partial charge is 0.486 e. The number of furan rings is 1. The van der Waals surface area contributed by atoms with Crippen molar-refractivity contribution < 1.29 is 18.1 Å². The van der Waals surface area contributed by atoms with Gasteiger partial charge in [0, 0.05) is 0 Å². The molecule has 0 saturated heterocycles. The summed E-state index contributed by atoms with van der Waals surface area (Å²) in [5, 5.41) is 3.96. The molecule has 0 atom stereocenters. The molecule has 132 valence electrons. The minimum Gasteiger partial charge on any atom is -0.486 e. The Hall–Kier alpha value is -2.38. The minimum absolute atomic E-state index is 0. The van der Waals surface area contributed by atoms with Gasteiger partial charge in [-0.1, -0.05) is 5.16 Å². The summed E-state index contributed by atoms with van der Waals surface area (Å²) in [7, 11) is 0. The maximum Gasteiger partial charge on any atom is 0.293 e. The van der Waals surface area contributed by atoms with Gasteiger partial charge in [0.1, 0.15) is 23.9 Å². The van der Waals surface area contributed by atoms with Gasteiger partial charge in [-0.15, -0.1) is 12.4 Å². The molecule has 2 heterocycles. The SMILES string of the molecule is Cl.NC1(c2noc(-c3ccc(COc4ccc(F)cc4)o3)n2)CCC1. The van der Waals surface area contributed by atoms with Crippen LogP contribution in [-0.2, 0) is 12.1 Å². The van der Waals surface area contributed by atoms with E-state index in [4.69, 9.17) is 19.4 Å². The molecule has 0 aliphatic heterocycles. The highest BCUT2D eigenvalue weighted by atomic mass is 35.5. The summed E-state index contributed by atoms with van der Waals surface area (Å²) < 4.78 is 29.3. The number of hydrogen-bond acceptors (Lipinski definition) is 6. The zero-order valence-corrected chi connectivity index (χ0v) is 14.1. The van der Waals surface area contributed by atoms with Gasteiger partial charge in [0.2, 0.25) is 0 Å². The smallest absolute Gasteiger partial charge is 0.293 e. The molecule has 1 fully saturated rings. The van der Waals surface area contributed by atoms with Crippen molar-refractivity contribution in [2.45, 2.75) is 31.4 Å². The lowest BCUT2D eigenvalue weighted by Crippen LogP contribution is -2.44. The van der Waals surface area contributed by atoms with Crippen molar-refractivity contribution in [1.82, 2.24) is 10.1 Å². The topological polar surface area (TPSA) is 87.3 Å². The minimum atomic E-state index is -0.469. The summed E-state index contributed by atoms with van der Waals surface area (Å²) >= 11 is 0. The van der Waals surface area contributed by atoms with Crippen LogP contribution in [0.4, 0.5) is 4.39 Å². The number of hydrogen-bond donors (Lipinski definition) is 1. The standard InChI is InChI=1S/C17H16FN3O3.ClH/c18-11-2-4-12(5-3-11)22-10-13-6-7-14(23-13)15-20-16(21-24-15)17(19)8-1-9-17;/h2-7H,1,8-10,19H2;1H. The summed E-state index contributed by atoms with van der Waals surface area (Å²) in [5.74, 6) is 2.14. The fourth-order valence-corrected chi connectivity index (χ4v) is 2.56. The number of nitrogens with zero attached hydrogens (tertiary/aromatic N) is 2. The predicted octanol–water partition coefficient (Wildman–Crippen LogP) is 3.81. The highest BCUT2D eigenvalue weighted by Crippen LogP contribution is 2.37. The van der Waals surface area contributed by atoms with E-state index in [-0.39, 0.29) is 24.8 Å². The molecule has 1 aromatic carbocycles. The first kappa shape index (κ1) is 17.4. The maximum absolute atomic E-state index is 12.9. The Morgan fingerprint density at radius 3 is 2.60 bits per heavy atom. The average molecular weight is 366 g/mol. The fourth-order valence-electron chi connectivity index (χ4n) is 2.56. The van der Waals surface area contributed by atoms with Gasteiger partial charge in [-0.3, -0.25) is 0 Å². The zero-order chi connectivity index (χ0) is 16.6. The normalized spacial score (nSPS) is 15.3. The van der Waals surface area contributed by atoms with E-state index in [0.29, 0.717) is 29.0 Å². The van der Waals surface area contributed by atoms with Crippen LogP contribution in [-0.4, -0.2) is 10.1 Å². The number of halogens is 2. The van der Waals surface area contributed by atoms with Crippen molar-refractivity contribution in [3.8, 4) is 17.4 Å². The molecule has 2 aromatic heterocycles. The molecule has 6 nitrogen and oxygen atoms in total. The van der Waals surface area contributed by atoms with Gasteiger partial charge in [0.15, 0.2) is 11.6 Å². The monoisotopic (exact) mass is 365 g/mol. The van der Waals surface area contributed by atoms with Gasteiger partial charge in [-0.05, 0) is 55.7 Å². The van der Waals surface area contributed by atoms with E-state index in [9.17, 15) is 4.39 Å². The Kier molecular flexibility index (Phi) is 4.78. The Labute approximate surface area is 149 Å². The lowest BCUT2D eigenvalue weighted by molar-refractivity contribution is 0.229. The molecule has 4 rings (SSSR count). The summed E-state index contributed by atoms with van der Waals surface area (Å²) in [5.41, 5.74) is 5.71. The van der Waals surface area contributed by atoms with Gasteiger partial charge in [-0.25, -0.2) is 4.39 Å². The van der Waals surface area contributed by atoms with Crippen molar-refractivity contribution in [2.24, 2.45) is 5.73 Å². The van der Waals surface area contributed by atoms with Crippen molar-refractivity contribution in [3.05, 3.63) is 53.8 Å². The van der Waals surface area contributed by atoms with Gasteiger partial charge in [-0.2, -0.15) is 4.98 Å². The molecule has 0 unspecified atom stereocenters. The number of rotatable bonds is 5. The zero-order valence-electron chi connectivity index (χ0n) is 13.3. The third kappa shape index (κ3) is 3.52. The van der Waals surface area contributed by atoms with Crippen LogP contribution in [0.15, 0.2) is 45.3 Å². The third-order valence-electron chi connectivity index (χ3n) is 4.18. The van der Waals surface area contributed by atoms with E-state index < -0.39 is 5.54 Å². The second kappa shape index (κ2) is 6.85. The molecular weight excluding hydrogens is 349 g/mol. The van der Waals surface area contributed by atoms with Crippen LogP contribution in [0.3, 0.4) is 0 Å². The molecule has 1 aliphatic rings. The van der Waals surface area contributed by atoms with Crippen LogP contribution in [0.25, 0.3) is 11.7 Å². The molecule has 0 amide bonds. The molecule has 25 heavy (non-hydrogen) atoms. The van der Waals surface area contributed by atoms with E-state index in [1.54, 1.807) is 24.3 Å². The number of ether oxygens (including phenoxy) is 1. The van der Waals surface area contributed by atoms with Crippen molar-refractivity contribution in [3.63, 3.8) is 0 Å². The molecule has 3 aromatic rings. The molecule has 2 N–H and O–H groups in total. The lowest BCUT2D eigenvalue weighted by atomic mass is 9.77. The van der Waals surface area contributed by atoms with Crippen molar-refractivity contribution >= 4 is 12.4 Å². The van der Waals surface area contributed by atoms with E-state index in [1.165, 1.54) is 12.1 Å². The first-order valence-electron chi connectivity index (χ1n) is 7.73.